The molecule has 1 atom stereocenters. The minimum absolute atomic E-state index is 0.267. The van der Waals surface area contributed by atoms with Crippen LogP contribution >= 0.6 is 11.8 Å². The second kappa shape index (κ2) is 5.34. The average Bonchev–Trinajstić information content (AvgIpc) is 2.75. The molecule has 0 bridgehead atoms. The van der Waals surface area contributed by atoms with Gasteiger partial charge in [0.2, 0.25) is 0 Å². The van der Waals surface area contributed by atoms with Gasteiger partial charge >= 0.3 is 0 Å². The fourth-order valence-electron chi connectivity index (χ4n) is 2.02. The quantitative estimate of drug-likeness (QED) is 0.899. The van der Waals surface area contributed by atoms with Crippen molar-refractivity contribution in [3.63, 3.8) is 0 Å². The monoisotopic (exact) mass is 263 g/mol. The molecule has 96 valence electrons. The number of furan rings is 1. The molecule has 1 N–H and O–H groups in total. The Bertz CT molecular complexity index is 488. The van der Waals surface area contributed by atoms with E-state index in [1.807, 2.05) is 37.0 Å². The van der Waals surface area contributed by atoms with Gasteiger partial charge in [-0.05, 0) is 19.2 Å². The molecule has 3 nitrogen and oxygen atoms in total. The van der Waals surface area contributed by atoms with Crippen LogP contribution in [0.2, 0.25) is 0 Å². The molecule has 1 unspecified atom stereocenters. The minimum Gasteiger partial charge on any atom is -0.459 e. The molecule has 0 saturated carbocycles. The number of ether oxygens (including phenoxy) is 1. The van der Waals surface area contributed by atoms with Crippen molar-refractivity contribution in [2.75, 3.05) is 26.0 Å². The smallest absolute Gasteiger partial charge is 0.134 e. The molecule has 2 aromatic rings. The first kappa shape index (κ1) is 12.1. The summed E-state index contributed by atoms with van der Waals surface area (Å²) >= 11 is 1.95. The largest absolute Gasteiger partial charge is 0.459 e. The van der Waals surface area contributed by atoms with Crippen molar-refractivity contribution in [2.24, 2.45) is 0 Å². The van der Waals surface area contributed by atoms with Gasteiger partial charge in [-0.3, -0.25) is 0 Å². The molecule has 1 aromatic carbocycles. The Labute approximate surface area is 111 Å². The van der Waals surface area contributed by atoms with E-state index >= 15 is 0 Å². The fraction of sp³-hybridized carbons (Fsp3) is 0.429. The highest BCUT2D eigenvalue weighted by Gasteiger charge is 2.22. The van der Waals surface area contributed by atoms with Crippen LogP contribution in [0.1, 0.15) is 11.8 Å². The Morgan fingerprint density at radius 3 is 2.89 bits per heavy atom. The summed E-state index contributed by atoms with van der Waals surface area (Å²) in [6.45, 7) is 1.78. The zero-order valence-electron chi connectivity index (χ0n) is 10.4. The number of hydrogen-bond acceptors (Lipinski definition) is 4. The van der Waals surface area contributed by atoms with E-state index in [-0.39, 0.29) is 6.04 Å². The lowest BCUT2D eigenvalue weighted by Gasteiger charge is -2.26. The van der Waals surface area contributed by atoms with Crippen LogP contribution in [0.3, 0.4) is 0 Å². The topological polar surface area (TPSA) is 34.4 Å². The molecular formula is C14H17NO2S. The van der Waals surface area contributed by atoms with Crippen molar-refractivity contribution in [1.82, 2.24) is 5.32 Å². The maximum atomic E-state index is 5.90. The number of para-hydroxylation sites is 1. The molecule has 1 aliphatic heterocycles. The van der Waals surface area contributed by atoms with Crippen LogP contribution in [0.15, 0.2) is 34.7 Å². The fourth-order valence-corrected chi connectivity index (χ4v) is 3.20. The van der Waals surface area contributed by atoms with Gasteiger partial charge in [0.05, 0.1) is 24.5 Å². The molecule has 0 amide bonds. The van der Waals surface area contributed by atoms with E-state index in [1.54, 1.807) is 0 Å². The summed E-state index contributed by atoms with van der Waals surface area (Å²) in [6, 6.07) is 10.5. The first-order chi connectivity index (χ1) is 8.86. The van der Waals surface area contributed by atoms with E-state index in [0.29, 0.717) is 5.25 Å². The van der Waals surface area contributed by atoms with Gasteiger partial charge in [0, 0.05) is 11.1 Å². The highest BCUT2D eigenvalue weighted by Crippen LogP contribution is 2.28. The van der Waals surface area contributed by atoms with Crippen molar-refractivity contribution < 1.29 is 9.15 Å². The Balaban J connectivity index is 1.72. The summed E-state index contributed by atoms with van der Waals surface area (Å²) in [5, 5.41) is 5.16. The SMILES string of the molecule is CNC(CSC1COC1)c1cc2ccccc2o1. The lowest BCUT2D eigenvalue weighted by atomic mass is 10.2. The molecule has 0 radical (unpaired) electrons. The van der Waals surface area contributed by atoms with Crippen molar-refractivity contribution >= 4 is 22.7 Å². The van der Waals surface area contributed by atoms with E-state index in [1.165, 1.54) is 5.39 Å². The molecule has 1 fully saturated rings. The van der Waals surface area contributed by atoms with Gasteiger partial charge in [0.1, 0.15) is 11.3 Å². The summed E-state index contributed by atoms with van der Waals surface area (Å²) in [4.78, 5) is 0. The van der Waals surface area contributed by atoms with E-state index in [0.717, 1.165) is 30.3 Å². The second-order valence-electron chi connectivity index (χ2n) is 4.52. The third kappa shape index (κ3) is 2.41. The molecule has 3 rings (SSSR count). The lowest BCUT2D eigenvalue weighted by molar-refractivity contribution is 0.0455. The van der Waals surface area contributed by atoms with Crippen molar-refractivity contribution in [3.05, 3.63) is 36.1 Å². The number of fused-ring (bicyclic) bond motifs is 1. The third-order valence-corrected chi connectivity index (χ3v) is 4.51. The minimum atomic E-state index is 0.267. The number of thioether (sulfide) groups is 1. The Morgan fingerprint density at radius 2 is 2.22 bits per heavy atom. The van der Waals surface area contributed by atoms with Gasteiger partial charge in [0.15, 0.2) is 0 Å². The van der Waals surface area contributed by atoms with E-state index in [2.05, 4.69) is 17.4 Å². The van der Waals surface area contributed by atoms with Crippen LogP contribution in [0.4, 0.5) is 0 Å². The van der Waals surface area contributed by atoms with Crippen molar-refractivity contribution in [1.29, 1.82) is 0 Å². The zero-order valence-corrected chi connectivity index (χ0v) is 11.2. The van der Waals surface area contributed by atoms with E-state index in [9.17, 15) is 0 Å². The van der Waals surface area contributed by atoms with Gasteiger partial charge < -0.3 is 14.5 Å². The Morgan fingerprint density at radius 1 is 1.39 bits per heavy atom. The van der Waals surface area contributed by atoms with Gasteiger partial charge in [-0.1, -0.05) is 18.2 Å². The number of hydrogen-bond donors (Lipinski definition) is 1. The summed E-state index contributed by atoms with van der Waals surface area (Å²) < 4.78 is 11.1. The first-order valence-corrected chi connectivity index (χ1v) is 7.27. The number of rotatable bonds is 5. The maximum Gasteiger partial charge on any atom is 0.134 e. The highest BCUT2D eigenvalue weighted by molar-refractivity contribution is 8.00. The van der Waals surface area contributed by atoms with Crippen LogP contribution in [-0.4, -0.2) is 31.3 Å². The van der Waals surface area contributed by atoms with Gasteiger partial charge in [-0.25, -0.2) is 0 Å². The van der Waals surface area contributed by atoms with Crippen LogP contribution < -0.4 is 5.32 Å². The maximum absolute atomic E-state index is 5.90. The van der Waals surface area contributed by atoms with E-state index in [4.69, 9.17) is 9.15 Å². The van der Waals surface area contributed by atoms with Crippen molar-refractivity contribution in [2.45, 2.75) is 11.3 Å². The van der Waals surface area contributed by atoms with Gasteiger partial charge in [0.25, 0.3) is 0 Å². The molecule has 4 heteroatoms. The third-order valence-electron chi connectivity index (χ3n) is 3.24. The number of nitrogens with one attached hydrogen (secondary N) is 1. The first-order valence-electron chi connectivity index (χ1n) is 6.22. The molecule has 1 saturated heterocycles. The van der Waals surface area contributed by atoms with E-state index < -0.39 is 0 Å². The summed E-state index contributed by atoms with van der Waals surface area (Å²) in [7, 11) is 1.98. The standard InChI is InChI=1S/C14H17NO2S/c1-15-12(9-18-11-7-16-8-11)14-6-10-4-2-3-5-13(10)17-14/h2-6,11-12,15H,7-9H2,1H3. The molecule has 2 heterocycles. The van der Waals surface area contributed by atoms with Crippen LogP contribution in [0.25, 0.3) is 11.0 Å². The molecular weight excluding hydrogens is 246 g/mol. The predicted octanol–water partition coefficient (Wildman–Crippen LogP) is 2.83. The normalized spacial score (nSPS) is 17.8. The van der Waals surface area contributed by atoms with Gasteiger partial charge in [-0.2, -0.15) is 11.8 Å². The molecule has 1 aliphatic rings. The lowest BCUT2D eigenvalue weighted by Crippen LogP contribution is -2.32. The average molecular weight is 263 g/mol. The van der Waals surface area contributed by atoms with Crippen LogP contribution in [-0.2, 0) is 4.74 Å². The molecule has 0 spiro atoms. The molecule has 18 heavy (non-hydrogen) atoms. The number of benzene rings is 1. The molecule has 0 aliphatic carbocycles. The summed E-state index contributed by atoms with van der Waals surface area (Å²) in [6.07, 6.45) is 0. The zero-order chi connectivity index (χ0) is 12.4. The van der Waals surface area contributed by atoms with Crippen LogP contribution in [0.5, 0.6) is 0 Å². The summed E-state index contributed by atoms with van der Waals surface area (Å²) in [5.74, 6) is 2.04. The molecule has 1 aromatic heterocycles. The van der Waals surface area contributed by atoms with Gasteiger partial charge in [-0.15, -0.1) is 0 Å². The van der Waals surface area contributed by atoms with Crippen molar-refractivity contribution in [3.8, 4) is 0 Å². The predicted molar refractivity (Wildman–Crippen MR) is 75.1 cm³/mol. The summed E-state index contributed by atoms with van der Waals surface area (Å²) in [5.41, 5.74) is 0.963. The highest BCUT2D eigenvalue weighted by atomic mass is 32.2. The Kier molecular flexibility index (Phi) is 3.59. The van der Waals surface area contributed by atoms with Crippen LogP contribution in [0, 0.1) is 0 Å². The second-order valence-corrected chi connectivity index (χ2v) is 5.85. The Hall–Kier alpha value is -0.970.